The van der Waals surface area contributed by atoms with Crippen LogP contribution in [-0.2, 0) is 4.74 Å². The lowest BCUT2D eigenvalue weighted by molar-refractivity contribution is -0.148. The Hall–Kier alpha value is -1.80. The zero-order valence-electron chi connectivity index (χ0n) is 15.1. The van der Waals surface area contributed by atoms with Gasteiger partial charge in [0, 0.05) is 31.3 Å². The number of rotatable bonds is 6. The van der Waals surface area contributed by atoms with E-state index in [4.69, 9.17) is 9.47 Å². The number of nitrogens with zero attached hydrogens (tertiary/aromatic N) is 1. The van der Waals surface area contributed by atoms with Gasteiger partial charge in [-0.1, -0.05) is 0 Å². The van der Waals surface area contributed by atoms with Gasteiger partial charge in [-0.15, -0.1) is 0 Å². The number of likely N-dealkylation sites (tertiary alicyclic amines) is 1. The second-order valence-electron chi connectivity index (χ2n) is 7.11. The molecule has 3 rings (SSSR count). The molecule has 0 unspecified atom stereocenters. The van der Waals surface area contributed by atoms with E-state index < -0.39 is 12.7 Å². The van der Waals surface area contributed by atoms with Gasteiger partial charge in [0.25, 0.3) is 5.91 Å². The van der Waals surface area contributed by atoms with E-state index in [9.17, 15) is 18.0 Å². The number of amides is 1. The summed E-state index contributed by atoms with van der Waals surface area (Å²) >= 11 is 0. The maximum Gasteiger partial charge on any atom is 0.401 e. The number of carbonyl (C=O) groups is 1. The Morgan fingerprint density at radius 1 is 1.19 bits per heavy atom. The van der Waals surface area contributed by atoms with Crippen LogP contribution in [0.2, 0.25) is 0 Å². The summed E-state index contributed by atoms with van der Waals surface area (Å²) < 4.78 is 48.4. The Balaban J connectivity index is 1.41. The van der Waals surface area contributed by atoms with Crippen LogP contribution in [0.4, 0.5) is 13.2 Å². The SMILES string of the molecule is O=C(NC1CCN(CC(F)(F)F)CC1)c1ccc(OC[C@H]2CCCO2)cc1. The predicted molar refractivity (Wildman–Crippen MR) is 93.9 cm³/mol. The van der Waals surface area contributed by atoms with E-state index in [0.717, 1.165) is 19.4 Å². The van der Waals surface area contributed by atoms with Crippen molar-refractivity contribution in [1.82, 2.24) is 10.2 Å². The van der Waals surface area contributed by atoms with Gasteiger partial charge in [-0.2, -0.15) is 13.2 Å². The predicted octanol–water partition coefficient (Wildman–Crippen LogP) is 3.00. The van der Waals surface area contributed by atoms with Crippen LogP contribution in [0.15, 0.2) is 24.3 Å². The third-order valence-electron chi connectivity index (χ3n) is 4.90. The first-order valence-corrected chi connectivity index (χ1v) is 9.33. The van der Waals surface area contributed by atoms with Crippen molar-refractivity contribution >= 4 is 5.91 Å². The molecular formula is C19H25F3N2O3. The van der Waals surface area contributed by atoms with E-state index in [0.29, 0.717) is 43.9 Å². The summed E-state index contributed by atoms with van der Waals surface area (Å²) in [6.45, 7) is 1.06. The van der Waals surface area contributed by atoms with Crippen molar-refractivity contribution in [3.63, 3.8) is 0 Å². The lowest BCUT2D eigenvalue weighted by atomic mass is 10.0. The first kappa shape index (κ1) is 19.9. The van der Waals surface area contributed by atoms with Crippen molar-refractivity contribution in [2.75, 3.05) is 32.8 Å². The summed E-state index contributed by atoms with van der Waals surface area (Å²) in [5.41, 5.74) is 0.511. The number of carbonyl (C=O) groups excluding carboxylic acids is 1. The third kappa shape index (κ3) is 6.39. The van der Waals surface area contributed by atoms with Gasteiger partial charge < -0.3 is 14.8 Å². The number of ether oxygens (including phenoxy) is 2. The summed E-state index contributed by atoms with van der Waals surface area (Å²) in [5.74, 6) is 0.470. The zero-order valence-corrected chi connectivity index (χ0v) is 15.1. The molecular weight excluding hydrogens is 361 g/mol. The topological polar surface area (TPSA) is 50.8 Å². The highest BCUT2D eigenvalue weighted by Crippen LogP contribution is 2.20. The Morgan fingerprint density at radius 3 is 2.48 bits per heavy atom. The molecule has 1 atom stereocenters. The van der Waals surface area contributed by atoms with E-state index in [1.807, 2.05) is 0 Å². The largest absolute Gasteiger partial charge is 0.491 e. The molecule has 150 valence electrons. The Kier molecular flexibility index (Phi) is 6.59. The van der Waals surface area contributed by atoms with Crippen LogP contribution in [0, 0.1) is 0 Å². The summed E-state index contributed by atoms with van der Waals surface area (Å²) in [5, 5.41) is 2.91. The molecule has 1 N–H and O–H groups in total. The summed E-state index contributed by atoms with van der Waals surface area (Å²) in [6, 6.07) is 6.78. The number of piperidine rings is 1. The molecule has 0 aliphatic carbocycles. The average molecular weight is 386 g/mol. The molecule has 8 heteroatoms. The lowest BCUT2D eigenvalue weighted by Crippen LogP contribution is -2.47. The molecule has 1 aromatic carbocycles. The van der Waals surface area contributed by atoms with Crippen LogP contribution < -0.4 is 10.1 Å². The van der Waals surface area contributed by atoms with Gasteiger partial charge >= 0.3 is 6.18 Å². The van der Waals surface area contributed by atoms with Crippen molar-refractivity contribution in [2.45, 2.75) is 44.0 Å². The number of halogens is 3. The molecule has 0 aromatic heterocycles. The second-order valence-corrected chi connectivity index (χ2v) is 7.11. The fourth-order valence-electron chi connectivity index (χ4n) is 3.43. The van der Waals surface area contributed by atoms with Crippen LogP contribution in [0.5, 0.6) is 5.75 Å². The highest BCUT2D eigenvalue weighted by molar-refractivity contribution is 5.94. The number of alkyl halides is 3. The number of nitrogens with one attached hydrogen (secondary N) is 1. The van der Waals surface area contributed by atoms with Gasteiger partial charge in [0.2, 0.25) is 0 Å². The molecule has 1 amide bonds. The van der Waals surface area contributed by atoms with E-state index in [2.05, 4.69) is 5.32 Å². The van der Waals surface area contributed by atoms with Gasteiger partial charge in [-0.3, -0.25) is 9.69 Å². The van der Waals surface area contributed by atoms with Crippen molar-refractivity contribution < 1.29 is 27.4 Å². The van der Waals surface area contributed by atoms with E-state index in [-0.39, 0.29) is 18.1 Å². The Labute approximate surface area is 156 Å². The quantitative estimate of drug-likeness (QED) is 0.817. The van der Waals surface area contributed by atoms with Crippen LogP contribution in [0.1, 0.15) is 36.0 Å². The molecule has 0 saturated carbocycles. The normalized spacial score (nSPS) is 22.0. The second kappa shape index (κ2) is 8.93. The smallest absolute Gasteiger partial charge is 0.401 e. The maximum atomic E-state index is 12.4. The average Bonchev–Trinajstić information content (AvgIpc) is 3.14. The van der Waals surface area contributed by atoms with Crippen molar-refractivity contribution in [3.8, 4) is 5.75 Å². The minimum absolute atomic E-state index is 0.0996. The molecule has 2 aliphatic rings. The van der Waals surface area contributed by atoms with Gasteiger partial charge in [0.05, 0.1) is 12.6 Å². The van der Waals surface area contributed by atoms with Gasteiger partial charge in [0.15, 0.2) is 0 Å². The standard InChI is InChI=1S/C19H25F3N2O3/c20-19(21,22)13-24-9-7-15(8-10-24)23-18(25)14-3-5-16(6-4-14)27-12-17-2-1-11-26-17/h3-6,15,17H,1-2,7-13H2,(H,23,25)/t17-/m1/s1. The van der Waals surface area contributed by atoms with E-state index in [1.54, 1.807) is 24.3 Å². The molecule has 5 nitrogen and oxygen atoms in total. The molecule has 0 bridgehead atoms. The van der Waals surface area contributed by atoms with E-state index in [1.165, 1.54) is 4.90 Å². The Bertz CT molecular complexity index is 608. The fraction of sp³-hybridized carbons (Fsp3) is 0.632. The number of hydrogen-bond donors (Lipinski definition) is 1. The lowest BCUT2D eigenvalue weighted by Gasteiger charge is -2.32. The van der Waals surface area contributed by atoms with Crippen LogP contribution >= 0.6 is 0 Å². The first-order valence-electron chi connectivity index (χ1n) is 9.33. The zero-order chi connectivity index (χ0) is 19.3. The van der Waals surface area contributed by atoms with Gasteiger partial charge in [0.1, 0.15) is 12.4 Å². The minimum Gasteiger partial charge on any atom is -0.491 e. The highest BCUT2D eigenvalue weighted by atomic mass is 19.4. The maximum absolute atomic E-state index is 12.4. The fourth-order valence-corrected chi connectivity index (χ4v) is 3.43. The van der Waals surface area contributed by atoms with Gasteiger partial charge in [-0.05, 0) is 49.9 Å². The Morgan fingerprint density at radius 2 is 1.89 bits per heavy atom. The summed E-state index contributed by atoms with van der Waals surface area (Å²) in [6.07, 6.45) is -0.945. The molecule has 2 heterocycles. The summed E-state index contributed by atoms with van der Waals surface area (Å²) in [4.78, 5) is 13.7. The summed E-state index contributed by atoms with van der Waals surface area (Å²) in [7, 11) is 0. The molecule has 0 radical (unpaired) electrons. The molecule has 0 spiro atoms. The van der Waals surface area contributed by atoms with Gasteiger partial charge in [-0.25, -0.2) is 0 Å². The van der Waals surface area contributed by atoms with Crippen molar-refractivity contribution in [2.24, 2.45) is 0 Å². The monoisotopic (exact) mass is 386 g/mol. The first-order chi connectivity index (χ1) is 12.9. The molecule has 27 heavy (non-hydrogen) atoms. The third-order valence-corrected chi connectivity index (χ3v) is 4.90. The van der Waals surface area contributed by atoms with Crippen LogP contribution in [0.3, 0.4) is 0 Å². The highest BCUT2D eigenvalue weighted by Gasteiger charge is 2.32. The van der Waals surface area contributed by atoms with E-state index >= 15 is 0 Å². The molecule has 1 aromatic rings. The molecule has 2 fully saturated rings. The molecule has 2 saturated heterocycles. The molecule has 2 aliphatic heterocycles. The number of benzene rings is 1. The van der Waals surface area contributed by atoms with Crippen LogP contribution in [0.25, 0.3) is 0 Å². The number of hydrogen-bond acceptors (Lipinski definition) is 4. The van der Waals surface area contributed by atoms with Crippen molar-refractivity contribution in [1.29, 1.82) is 0 Å². The van der Waals surface area contributed by atoms with Crippen molar-refractivity contribution in [3.05, 3.63) is 29.8 Å². The minimum atomic E-state index is -4.18. The van der Waals surface area contributed by atoms with Crippen LogP contribution in [-0.4, -0.2) is 62.0 Å².